The summed E-state index contributed by atoms with van der Waals surface area (Å²) in [6, 6.07) is 17.8. The van der Waals surface area contributed by atoms with E-state index < -0.39 is 0 Å². The molecule has 130 valence electrons. The monoisotopic (exact) mass is 346 g/mol. The van der Waals surface area contributed by atoms with Crippen LogP contribution in [0.4, 0.5) is 11.4 Å². The van der Waals surface area contributed by atoms with Crippen molar-refractivity contribution in [2.45, 2.75) is 0 Å². The lowest BCUT2D eigenvalue weighted by atomic mass is 10.0. The third-order valence-corrected chi connectivity index (χ3v) is 3.86. The van der Waals surface area contributed by atoms with Crippen LogP contribution < -0.4 is 22.1 Å². The van der Waals surface area contributed by atoms with Gasteiger partial charge in [-0.15, -0.1) is 0 Å². The zero-order valence-corrected chi connectivity index (χ0v) is 13.8. The molecule has 1 amide bonds. The standard InChI is InChI=1S/C19H18N6O/c20-17(21)12-9-11-5-1-2-6-13(11)16(10-12)24-18(26)14-7-3-4-8-15(14)25-19(22)23/h1-10H,(H3,20,21)(H,24,26)(H4,22,23,25). The van der Waals surface area contributed by atoms with Gasteiger partial charge in [-0.1, -0.05) is 36.4 Å². The van der Waals surface area contributed by atoms with Crippen molar-refractivity contribution < 1.29 is 4.79 Å². The number of amides is 1. The van der Waals surface area contributed by atoms with E-state index in [2.05, 4.69) is 10.6 Å². The van der Waals surface area contributed by atoms with E-state index in [1.807, 2.05) is 24.3 Å². The third kappa shape index (κ3) is 3.46. The van der Waals surface area contributed by atoms with E-state index >= 15 is 0 Å². The molecule has 0 saturated carbocycles. The number of benzene rings is 3. The highest BCUT2D eigenvalue weighted by atomic mass is 16.1. The number of hydrogen-bond donors (Lipinski definition) is 6. The zero-order valence-electron chi connectivity index (χ0n) is 13.8. The predicted octanol–water partition coefficient (Wildman–Crippen LogP) is 2.68. The van der Waals surface area contributed by atoms with Crippen LogP contribution in [-0.2, 0) is 0 Å². The molecular weight excluding hydrogens is 328 g/mol. The molecule has 26 heavy (non-hydrogen) atoms. The molecule has 0 fully saturated rings. The van der Waals surface area contributed by atoms with Crippen LogP contribution >= 0.6 is 0 Å². The van der Waals surface area contributed by atoms with Gasteiger partial charge in [0, 0.05) is 16.6 Å². The molecular formula is C19H18N6O. The largest absolute Gasteiger partial charge is 0.384 e. The molecule has 7 heteroatoms. The van der Waals surface area contributed by atoms with Gasteiger partial charge in [-0.05, 0) is 29.7 Å². The number of guanidine groups is 1. The maximum absolute atomic E-state index is 12.8. The minimum absolute atomic E-state index is 0.0788. The molecule has 0 radical (unpaired) electrons. The molecule has 0 atom stereocenters. The molecule has 7 nitrogen and oxygen atoms in total. The van der Waals surface area contributed by atoms with E-state index in [1.165, 1.54) is 0 Å². The fraction of sp³-hybridized carbons (Fsp3) is 0. The van der Waals surface area contributed by atoms with E-state index in [0.717, 1.165) is 10.8 Å². The average Bonchev–Trinajstić information content (AvgIpc) is 2.61. The molecule has 0 aliphatic carbocycles. The molecule has 0 unspecified atom stereocenters. The van der Waals surface area contributed by atoms with Crippen LogP contribution in [0.2, 0.25) is 0 Å². The van der Waals surface area contributed by atoms with Gasteiger partial charge in [0.2, 0.25) is 0 Å². The van der Waals surface area contributed by atoms with Gasteiger partial charge in [-0.25, -0.2) is 0 Å². The number of carbonyl (C=O) groups is 1. The number of nitrogens with two attached hydrogens (primary N) is 2. The van der Waals surface area contributed by atoms with Crippen molar-refractivity contribution in [3.05, 3.63) is 71.8 Å². The first-order valence-electron chi connectivity index (χ1n) is 7.84. The van der Waals surface area contributed by atoms with Crippen LogP contribution in [0.5, 0.6) is 0 Å². The van der Waals surface area contributed by atoms with Gasteiger partial charge in [0.15, 0.2) is 5.96 Å². The van der Waals surface area contributed by atoms with Gasteiger partial charge < -0.3 is 22.1 Å². The van der Waals surface area contributed by atoms with Gasteiger partial charge in [-0.2, -0.15) is 0 Å². The number of para-hydroxylation sites is 1. The Bertz CT molecular complexity index is 1030. The summed E-state index contributed by atoms with van der Waals surface area (Å²) in [5.41, 5.74) is 12.9. The van der Waals surface area contributed by atoms with Crippen LogP contribution in [0.15, 0.2) is 60.7 Å². The molecule has 0 saturated heterocycles. The molecule has 3 aromatic carbocycles. The van der Waals surface area contributed by atoms with E-state index in [9.17, 15) is 4.79 Å². The normalized spacial score (nSPS) is 10.3. The number of nitrogen functional groups attached to an aromatic ring is 1. The molecule has 0 aliphatic rings. The van der Waals surface area contributed by atoms with Crippen molar-refractivity contribution in [2.75, 3.05) is 10.6 Å². The minimum Gasteiger partial charge on any atom is -0.384 e. The second-order valence-electron chi connectivity index (χ2n) is 5.70. The summed E-state index contributed by atoms with van der Waals surface area (Å²) in [7, 11) is 0. The Kier molecular flexibility index (Phi) is 4.53. The molecule has 0 heterocycles. The Balaban J connectivity index is 2.03. The third-order valence-electron chi connectivity index (χ3n) is 3.86. The SMILES string of the molecule is N=C(N)Nc1ccccc1C(=O)Nc1cc(C(=N)N)cc2ccccc12. The Morgan fingerprint density at radius 3 is 2.27 bits per heavy atom. The van der Waals surface area contributed by atoms with Crippen molar-refractivity contribution in [2.24, 2.45) is 11.5 Å². The van der Waals surface area contributed by atoms with Crippen LogP contribution in [-0.4, -0.2) is 17.7 Å². The quantitative estimate of drug-likeness (QED) is 0.319. The number of nitrogens with one attached hydrogen (secondary N) is 4. The molecule has 0 aliphatic heterocycles. The Morgan fingerprint density at radius 1 is 0.846 bits per heavy atom. The van der Waals surface area contributed by atoms with Gasteiger partial charge in [0.05, 0.1) is 11.3 Å². The Morgan fingerprint density at radius 2 is 1.54 bits per heavy atom. The van der Waals surface area contributed by atoms with Gasteiger partial charge >= 0.3 is 0 Å². The molecule has 0 spiro atoms. The first-order valence-corrected chi connectivity index (χ1v) is 7.84. The fourth-order valence-corrected chi connectivity index (χ4v) is 2.69. The van der Waals surface area contributed by atoms with Gasteiger partial charge in [0.25, 0.3) is 5.91 Å². The van der Waals surface area contributed by atoms with Crippen LogP contribution in [0.25, 0.3) is 10.8 Å². The van der Waals surface area contributed by atoms with Crippen molar-refractivity contribution in [3.63, 3.8) is 0 Å². The number of rotatable bonds is 4. The number of hydrogen-bond acceptors (Lipinski definition) is 3. The number of fused-ring (bicyclic) bond motifs is 1. The van der Waals surface area contributed by atoms with Crippen LogP contribution in [0.1, 0.15) is 15.9 Å². The molecule has 3 rings (SSSR count). The second-order valence-corrected chi connectivity index (χ2v) is 5.70. The summed E-state index contributed by atoms with van der Waals surface area (Å²) in [6.07, 6.45) is 0. The summed E-state index contributed by atoms with van der Waals surface area (Å²) in [5.74, 6) is -0.695. The second kappa shape index (κ2) is 6.94. The van der Waals surface area contributed by atoms with E-state index in [0.29, 0.717) is 22.5 Å². The van der Waals surface area contributed by atoms with Crippen molar-refractivity contribution in [1.29, 1.82) is 10.8 Å². The van der Waals surface area contributed by atoms with Crippen molar-refractivity contribution in [1.82, 2.24) is 0 Å². The summed E-state index contributed by atoms with van der Waals surface area (Å²) < 4.78 is 0. The summed E-state index contributed by atoms with van der Waals surface area (Å²) in [4.78, 5) is 12.8. The number of amidine groups is 1. The first kappa shape index (κ1) is 17.0. The first-order chi connectivity index (χ1) is 12.5. The van der Waals surface area contributed by atoms with E-state index in [4.69, 9.17) is 22.3 Å². The Hall–Kier alpha value is -3.87. The highest BCUT2D eigenvalue weighted by Crippen LogP contribution is 2.27. The molecule has 0 bridgehead atoms. The van der Waals surface area contributed by atoms with E-state index in [1.54, 1.807) is 36.4 Å². The summed E-state index contributed by atoms with van der Waals surface area (Å²) in [6.45, 7) is 0. The number of carbonyl (C=O) groups excluding carboxylic acids is 1. The summed E-state index contributed by atoms with van der Waals surface area (Å²) >= 11 is 0. The predicted molar refractivity (Wildman–Crippen MR) is 105 cm³/mol. The van der Waals surface area contributed by atoms with Gasteiger partial charge in [0.1, 0.15) is 5.84 Å². The van der Waals surface area contributed by atoms with Crippen molar-refractivity contribution >= 4 is 39.8 Å². The fourth-order valence-electron chi connectivity index (χ4n) is 2.69. The maximum Gasteiger partial charge on any atom is 0.257 e. The summed E-state index contributed by atoms with van der Waals surface area (Å²) in [5, 5.41) is 22.3. The van der Waals surface area contributed by atoms with Crippen molar-refractivity contribution in [3.8, 4) is 0 Å². The zero-order chi connectivity index (χ0) is 18.7. The lowest BCUT2D eigenvalue weighted by molar-refractivity contribution is 0.102. The lowest BCUT2D eigenvalue weighted by Gasteiger charge is -2.14. The smallest absolute Gasteiger partial charge is 0.257 e. The molecule has 0 aromatic heterocycles. The lowest BCUT2D eigenvalue weighted by Crippen LogP contribution is -2.23. The highest BCUT2D eigenvalue weighted by Gasteiger charge is 2.14. The molecule has 3 aromatic rings. The topological polar surface area (TPSA) is 141 Å². The van der Waals surface area contributed by atoms with Crippen LogP contribution in [0.3, 0.4) is 0 Å². The minimum atomic E-state index is -0.361. The van der Waals surface area contributed by atoms with Crippen LogP contribution in [0, 0.1) is 10.8 Å². The highest BCUT2D eigenvalue weighted by molar-refractivity contribution is 6.14. The average molecular weight is 346 g/mol. The number of anilines is 2. The van der Waals surface area contributed by atoms with E-state index in [-0.39, 0.29) is 17.7 Å². The molecule has 8 N–H and O–H groups in total. The maximum atomic E-state index is 12.8. The van der Waals surface area contributed by atoms with Gasteiger partial charge in [-0.3, -0.25) is 15.6 Å². The Labute approximate surface area is 150 Å².